The Morgan fingerprint density at radius 1 is 1.23 bits per heavy atom. The molecule has 0 unspecified atom stereocenters. The van der Waals surface area contributed by atoms with Gasteiger partial charge in [-0.05, 0) is 65.8 Å². The molecule has 1 saturated heterocycles. The molecule has 1 N–H and O–H groups in total. The summed E-state index contributed by atoms with van der Waals surface area (Å²) in [6, 6.07) is 7.47. The minimum absolute atomic E-state index is 0.0277. The predicted molar refractivity (Wildman–Crippen MR) is 89.4 cm³/mol. The summed E-state index contributed by atoms with van der Waals surface area (Å²) in [5.41, 5.74) is 0.774. The van der Waals surface area contributed by atoms with Crippen molar-refractivity contribution < 1.29 is 9.53 Å². The number of carbonyl (C=O) groups is 1. The van der Waals surface area contributed by atoms with Crippen LogP contribution in [0.5, 0.6) is 5.75 Å². The van der Waals surface area contributed by atoms with E-state index in [0.717, 1.165) is 12.8 Å². The average molecular weight is 304 g/mol. The van der Waals surface area contributed by atoms with Crippen molar-refractivity contribution in [3.8, 4) is 5.75 Å². The highest BCUT2D eigenvalue weighted by molar-refractivity contribution is 5.94. The second-order valence-corrected chi connectivity index (χ2v) is 7.49. The molecule has 1 amide bonds. The van der Waals surface area contributed by atoms with Gasteiger partial charge in [0.1, 0.15) is 5.75 Å². The summed E-state index contributed by atoms with van der Waals surface area (Å²) in [6.07, 6.45) is 1.89. The number of hydrogen-bond donors (Lipinski definition) is 1. The predicted octanol–water partition coefficient (Wildman–Crippen LogP) is 3.08. The molecule has 1 aliphatic heterocycles. The normalized spacial score (nSPS) is 21.4. The molecule has 4 heteroatoms. The first kappa shape index (κ1) is 16.8. The molecule has 0 aliphatic carbocycles. The van der Waals surface area contributed by atoms with Gasteiger partial charge in [0.2, 0.25) is 0 Å². The van der Waals surface area contributed by atoms with E-state index in [9.17, 15) is 4.79 Å². The van der Waals surface area contributed by atoms with E-state index in [4.69, 9.17) is 4.74 Å². The van der Waals surface area contributed by atoms with Crippen LogP contribution in [0.1, 0.15) is 50.9 Å². The lowest BCUT2D eigenvalue weighted by atomic mass is 9.77. The average Bonchev–Trinajstić information content (AvgIpc) is 2.44. The maximum atomic E-state index is 12.5. The summed E-state index contributed by atoms with van der Waals surface area (Å²) in [5, 5.41) is 3.20. The highest BCUT2D eigenvalue weighted by atomic mass is 16.5. The van der Waals surface area contributed by atoms with Crippen LogP contribution >= 0.6 is 0 Å². The monoisotopic (exact) mass is 304 g/mol. The maximum Gasteiger partial charge on any atom is 0.251 e. The fourth-order valence-corrected chi connectivity index (χ4v) is 3.51. The fourth-order valence-electron chi connectivity index (χ4n) is 3.51. The standard InChI is InChI=1S/C18H28N2O2/c1-17(2)11-14(12-18(3,4)20(17)5)19-16(21)13-8-7-9-15(10-13)22-6/h7-10,14H,11-12H2,1-6H3,(H,19,21). The SMILES string of the molecule is COc1cccc(C(=O)NC2CC(C)(C)N(C)C(C)(C)C2)c1. The molecule has 0 saturated carbocycles. The Bertz CT molecular complexity index is 534. The Labute approximate surface area is 133 Å². The van der Waals surface area contributed by atoms with Gasteiger partial charge in [0.05, 0.1) is 7.11 Å². The van der Waals surface area contributed by atoms with E-state index < -0.39 is 0 Å². The number of likely N-dealkylation sites (tertiary alicyclic amines) is 1. The van der Waals surface area contributed by atoms with Gasteiger partial charge in [0.25, 0.3) is 5.91 Å². The van der Waals surface area contributed by atoms with Crippen molar-refractivity contribution in [2.45, 2.75) is 57.7 Å². The van der Waals surface area contributed by atoms with Gasteiger partial charge < -0.3 is 10.1 Å². The van der Waals surface area contributed by atoms with Crippen LogP contribution in [-0.4, -0.2) is 42.1 Å². The Morgan fingerprint density at radius 2 is 1.82 bits per heavy atom. The first-order valence-electron chi connectivity index (χ1n) is 7.84. The van der Waals surface area contributed by atoms with Crippen molar-refractivity contribution in [1.29, 1.82) is 0 Å². The van der Waals surface area contributed by atoms with Gasteiger partial charge in [-0.2, -0.15) is 0 Å². The third-order valence-electron chi connectivity index (χ3n) is 4.97. The Balaban J connectivity index is 2.11. The second kappa shape index (κ2) is 5.92. The Kier molecular flexibility index (Phi) is 4.52. The molecule has 4 nitrogen and oxygen atoms in total. The van der Waals surface area contributed by atoms with Crippen LogP contribution in [0.2, 0.25) is 0 Å². The molecule has 1 aliphatic rings. The number of amides is 1. The molecule has 22 heavy (non-hydrogen) atoms. The number of hydrogen-bond acceptors (Lipinski definition) is 3. The largest absolute Gasteiger partial charge is 0.497 e. The highest BCUT2D eigenvalue weighted by Gasteiger charge is 2.43. The summed E-state index contributed by atoms with van der Waals surface area (Å²) >= 11 is 0. The molecule has 0 atom stereocenters. The first-order chi connectivity index (χ1) is 10.2. The third kappa shape index (κ3) is 3.43. The second-order valence-electron chi connectivity index (χ2n) is 7.49. The van der Waals surface area contributed by atoms with Crippen molar-refractivity contribution in [2.24, 2.45) is 0 Å². The van der Waals surface area contributed by atoms with Gasteiger partial charge in [-0.25, -0.2) is 0 Å². The first-order valence-corrected chi connectivity index (χ1v) is 7.84. The molecule has 0 aromatic heterocycles. The van der Waals surface area contributed by atoms with Gasteiger partial charge in [0, 0.05) is 22.7 Å². The molecule has 1 aromatic carbocycles. The van der Waals surface area contributed by atoms with Crippen LogP contribution in [-0.2, 0) is 0 Å². The Hall–Kier alpha value is -1.55. The summed E-state index contributed by atoms with van der Waals surface area (Å²) in [4.78, 5) is 14.9. The molecular weight excluding hydrogens is 276 g/mol. The summed E-state index contributed by atoms with van der Waals surface area (Å²) in [7, 11) is 3.78. The Morgan fingerprint density at radius 3 is 2.36 bits per heavy atom. The molecule has 122 valence electrons. The molecule has 1 aromatic rings. The number of nitrogens with zero attached hydrogens (tertiary/aromatic N) is 1. The minimum Gasteiger partial charge on any atom is -0.497 e. The number of carbonyl (C=O) groups excluding carboxylic acids is 1. The van der Waals surface area contributed by atoms with Crippen molar-refractivity contribution in [1.82, 2.24) is 10.2 Å². The third-order valence-corrected chi connectivity index (χ3v) is 4.97. The summed E-state index contributed by atoms with van der Waals surface area (Å²) in [5.74, 6) is 0.678. The van der Waals surface area contributed by atoms with Crippen molar-refractivity contribution in [3.05, 3.63) is 29.8 Å². The van der Waals surface area contributed by atoms with E-state index >= 15 is 0 Å². The van der Waals surface area contributed by atoms with Crippen LogP contribution in [0.3, 0.4) is 0 Å². The molecular formula is C18H28N2O2. The lowest BCUT2D eigenvalue weighted by Crippen LogP contribution is -2.62. The lowest BCUT2D eigenvalue weighted by molar-refractivity contribution is -0.0169. The fraction of sp³-hybridized carbons (Fsp3) is 0.611. The number of piperidine rings is 1. The highest BCUT2D eigenvalue weighted by Crippen LogP contribution is 2.36. The van der Waals surface area contributed by atoms with E-state index in [1.165, 1.54) is 0 Å². The summed E-state index contributed by atoms with van der Waals surface area (Å²) in [6.45, 7) is 8.94. The maximum absolute atomic E-state index is 12.5. The van der Waals surface area contributed by atoms with Crippen molar-refractivity contribution >= 4 is 5.91 Å². The molecule has 0 radical (unpaired) electrons. The zero-order valence-electron chi connectivity index (χ0n) is 14.6. The minimum atomic E-state index is -0.0277. The molecule has 1 fully saturated rings. The van der Waals surface area contributed by atoms with Crippen LogP contribution in [0.25, 0.3) is 0 Å². The van der Waals surface area contributed by atoms with Crippen LogP contribution < -0.4 is 10.1 Å². The zero-order chi connectivity index (χ0) is 16.5. The van der Waals surface area contributed by atoms with Gasteiger partial charge in [-0.1, -0.05) is 6.07 Å². The van der Waals surface area contributed by atoms with Gasteiger partial charge in [-0.15, -0.1) is 0 Å². The van der Waals surface area contributed by atoms with Crippen LogP contribution in [0, 0.1) is 0 Å². The molecule has 0 bridgehead atoms. The van der Waals surface area contributed by atoms with Crippen molar-refractivity contribution in [2.75, 3.05) is 14.2 Å². The number of rotatable bonds is 3. The van der Waals surface area contributed by atoms with Crippen LogP contribution in [0.15, 0.2) is 24.3 Å². The molecule has 1 heterocycles. The van der Waals surface area contributed by atoms with E-state index in [-0.39, 0.29) is 23.0 Å². The number of nitrogens with one attached hydrogen (secondary N) is 1. The number of methoxy groups -OCH3 is 1. The van der Waals surface area contributed by atoms with E-state index in [1.807, 2.05) is 18.2 Å². The molecule has 0 spiro atoms. The smallest absolute Gasteiger partial charge is 0.251 e. The van der Waals surface area contributed by atoms with Gasteiger partial charge >= 0.3 is 0 Å². The lowest BCUT2D eigenvalue weighted by Gasteiger charge is -2.53. The van der Waals surface area contributed by atoms with Crippen molar-refractivity contribution in [3.63, 3.8) is 0 Å². The van der Waals surface area contributed by atoms with E-state index in [1.54, 1.807) is 13.2 Å². The van der Waals surface area contributed by atoms with E-state index in [2.05, 4.69) is 45.0 Å². The number of benzene rings is 1. The number of ether oxygens (including phenoxy) is 1. The topological polar surface area (TPSA) is 41.6 Å². The summed E-state index contributed by atoms with van der Waals surface area (Å²) < 4.78 is 5.19. The molecule has 2 rings (SSSR count). The van der Waals surface area contributed by atoms with Gasteiger partial charge in [0.15, 0.2) is 0 Å². The zero-order valence-corrected chi connectivity index (χ0v) is 14.6. The van der Waals surface area contributed by atoms with E-state index in [0.29, 0.717) is 11.3 Å². The van der Waals surface area contributed by atoms with Crippen LogP contribution in [0.4, 0.5) is 0 Å². The quantitative estimate of drug-likeness (QED) is 0.933. The van der Waals surface area contributed by atoms with Gasteiger partial charge in [-0.3, -0.25) is 9.69 Å².